The molecule has 2 aromatic heterocycles. The van der Waals surface area contributed by atoms with Crippen LogP contribution in [-0.4, -0.2) is 43.5 Å². The van der Waals surface area contributed by atoms with Gasteiger partial charge in [-0.3, -0.25) is 14.2 Å². The number of benzene rings is 1. The summed E-state index contributed by atoms with van der Waals surface area (Å²) in [6.45, 7) is 1.48. The third kappa shape index (κ3) is 4.04. The standard InChI is InChI=1S/C15H12F3N5O4/c1-2-26-11(24)7-22-8-19-13-12(14(22)25)20-21-23(13)9-3-5-10(6-4-9)27-15(16,17)18/h3-6,8H,2,7H2,1H3. The van der Waals surface area contributed by atoms with Crippen LogP contribution in [0.5, 0.6) is 5.75 Å². The monoisotopic (exact) mass is 383 g/mol. The van der Waals surface area contributed by atoms with Gasteiger partial charge in [0.1, 0.15) is 18.6 Å². The number of ether oxygens (including phenoxy) is 2. The normalized spacial score (nSPS) is 11.6. The van der Waals surface area contributed by atoms with Crippen LogP contribution in [-0.2, 0) is 16.1 Å². The van der Waals surface area contributed by atoms with Crippen LogP contribution in [0.25, 0.3) is 16.9 Å². The molecule has 0 amide bonds. The predicted octanol–water partition coefficient (Wildman–Crippen LogP) is 1.44. The first-order valence-corrected chi connectivity index (χ1v) is 7.61. The molecule has 2 heterocycles. The molecule has 3 rings (SSSR count). The van der Waals surface area contributed by atoms with Crippen LogP contribution in [0.1, 0.15) is 6.92 Å². The van der Waals surface area contributed by atoms with E-state index >= 15 is 0 Å². The fourth-order valence-corrected chi connectivity index (χ4v) is 2.27. The summed E-state index contributed by atoms with van der Waals surface area (Å²) >= 11 is 0. The molecule has 0 saturated carbocycles. The van der Waals surface area contributed by atoms with E-state index in [0.29, 0.717) is 5.69 Å². The lowest BCUT2D eigenvalue weighted by molar-refractivity contribution is -0.274. The van der Waals surface area contributed by atoms with Crippen LogP contribution in [0, 0.1) is 0 Å². The number of carbonyl (C=O) groups excluding carboxylic acids is 1. The predicted molar refractivity (Wildman–Crippen MR) is 84.2 cm³/mol. The van der Waals surface area contributed by atoms with E-state index in [0.717, 1.165) is 23.0 Å². The number of hydrogen-bond acceptors (Lipinski definition) is 7. The van der Waals surface area contributed by atoms with E-state index in [1.165, 1.54) is 16.8 Å². The van der Waals surface area contributed by atoms with E-state index in [2.05, 4.69) is 20.0 Å². The molecule has 0 aliphatic rings. The minimum absolute atomic E-state index is 0.0876. The van der Waals surface area contributed by atoms with Crippen LogP contribution in [0.15, 0.2) is 35.4 Å². The molecule has 3 aromatic rings. The summed E-state index contributed by atoms with van der Waals surface area (Å²) in [5.74, 6) is -1.01. The van der Waals surface area contributed by atoms with E-state index in [1.54, 1.807) is 6.92 Å². The number of aromatic nitrogens is 5. The maximum Gasteiger partial charge on any atom is 0.573 e. The van der Waals surface area contributed by atoms with Crippen molar-refractivity contribution in [2.45, 2.75) is 19.8 Å². The van der Waals surface area contributed by atoms with Gasteiger partial charge >= 0.3 is 12.3 Å². The van der Waals surface area contributed by atoms with Gasteiger partial charge in [-0.1, -0.05) is 5.21 Å². The van der Waals surface area contributed by atoms with E-state index in [1.807, 2.05) is 0 Å². The minimum atomic E-state index is -4.80. The van der Waals surface area contributed by atoms with Gasteiger partial charge in [0.15, 0.2) is 11.2 Å². The highest BCUT2D eigenvalue weighted by Gasteiger charge is 2.31. The summed E-state index contributed by atoms with van der Waals surface area (Å²) in [5.41, 5.74) is -0.291. The summed E-state index contributed by atoms with van der Waals surface area (Å²) in [6.07, 6.45) is -3.66. The van der Waals surface area contributed by atoms with Crippen molar-refractivity contribution in [3.63, 3.8) is 0 Å². The zero-order chi connectivity index (χ0) is 19.6. The molecule has 0 radical (unpaired) electrons. The molecule has 0 spiro atoms. The van der Waals surface area contributed by atoms with E-state index in [-0.39, 0.29) is 24.3 Å². The highest BCUT2D eigenvalue weighted by Crippen LogP contribution is 2.24. The third-order valence-corrected chi connectivity index (χ3v) is 3.35. The Bertz CT molecular complexity index is 1030. The Kier molecular flexibility index (Phi) is 4.79. The number of carbonyl (C=O) groups is 1. The van der Waals surface area contributed by atoms with Crippen LogP contribution in [0.3, 0.4) is 0 Å². The highest BCUT2D eigenvalue weighted by molar-refractivity contribution is 5.72. The van der Waals surface area contributed by atoms with Gasteiger partial charge in [0, 0.05) is 0 Å². The smallest absolute Gasteiger partial charge is 0.465 e. The number of fused-ring (bicyclic) bond motifs is 1. The van der Waals surface area contributed by atoms with Gasteiger partial charge in [-0.05, 0) is 31.2 Å². The first-order chi connectivity index (χ1) is 12.8. The van der Waals surface area contributed by atoms with E-state index in [9.17, 15) is 22.8 Å². The fraction of sp³-hybridized carbons (Fsp3) is 0.267. The van der Waals surface area contributed by atoms with Crippen molar-refractivity contribution in [2.75, 3.05) is 6.61 Å². The van der Waals surface area contributed by atoms with Crippen LogP contribution >= 0.6 is 0 Å². The summed E-state index contributed by atoms with van der Waals surface area (Å²) < 4.78 is 47.4. The Balaban J connectivity index is 1.92. The molecule has 0 aliphatic carbocycles. The van der Waals surface area contributed by atoms with Gasteiger partial charge in [0.25, 0.3) is 5.56 Å². The van der Waals surface area contributed by atoms with Crippen molar-refractivity contribution in [2.24, 2.45) is 0 Å². The molecule has 0 atom stereocenters. The average Bonchev–Trinajstić information content (AvgIpc) is 3.02. The lowest BCUT2D eigenvalue weighted by Gasteiger charge is -2.09. The number of halogens is 3. The van der Waals surface area contributed by atoms with Crippen molar-refractivity contribution in [1.29, 1.82) is 0 Å². The molecule has 0 bridgehead atoms. The lowest BCUT2D eigenvalue weighted by atomic mass is 10.3. The van der Waals surface area contributed by atoms with Crippen molar-refractivity contribution < 1.29 is 27.4 Å². The lowest BCUT2D eigenvalue weighted by Crippen LogP contribution is -2.26. The first-order valence-electron chi connectivity index (χ1n) is 7.61. The number of hydrogen-bond donors (Lipinski definition) is 0. The third-order valence-electron chi connectivity index (χ3n) is 3.35. The molecule has 1 aromatic carbocycles. The Hall–Kier alpha value is -3.44. The summed E-state index contributed by atoms with van der Waals surface area (Å²) in [6, 6.07) is 4.80. The number of rotatable bonds is 5. The second-order valence-corrected chi connectivity index (χ2v) is 5.20. The summed E-state index contributed by atoms with van der Waals surface area (Å²) in [5, 5.41) is 7.54. The maximum atomic E-state index is 12.4. The quantitative estimate of drug-likeness (QED) is 0.615. The zero-order valence-corrected chi connectivity index (χ0v) is 13.8. The highest BCUT2D eigenvalue weighted by atomic mass is 19.4. The number of nitrogens with zero attached hydrogens (tertiary/aromatic N) is 5. The Labute approximate surface area is 148 Å². The maximum absolute atomic E-state index is 12.4. The molecule has 0 N–H and O–H groups in total. The second kappa shape index (κ2) is 7.05. The van der Waals surface area contributed by atoms with Crippen LogP contribution in [0.2, 0.25) is 0 Å². The van der Waals surface area contributed by atoms with Crippen molar-refractivity contribution in [1.82, 2.24) is 24.5 Å². The average molecular weight is 383 g/mol. The number of esters is 1. The molecule has 0 fully saturated rings. The molecular weight excluding hydrogens is 371 g/mol. The molecule has 0 unspecified atom stereocenters. The molecule has 0 saturated heterocycles. The Morgan fingerprint density at radius 3 is 2.56 bits per heavy atom. The van der Waals surface area contributed by atoms with Crippen molar-refractivity contribution in [3.8, 4) is 11.4 Å². The zero-order valence-electron chi connectivity index (χ0n) is 13.8. The summed E-state index contributed by atoms with van der Waals surface area (Å²) in [4.78, 5) is 27.9. The fourth-order valence-electron chi connectivity index (χ4n) is 2.27. The van der Waals surface area contributed by atoms with Gasteiger partial charge in [-0.2, -0.15) is 4.68 Å². The molecule has 0 aliphatic heterocycles. The Morgan fingerprint density at radius 1 is 1.22 bits per heavy atom. The molecule has 9 nitrogen and oxygen atoms in total. The molecule has 27 heavy (non-hydrogen) atoms. The van der Waals surface area contributed by atoms with Gasteiger partial charge < -0.3 is 9.47 Å². The van der Waals surface area contributed by atoms with Crippen molar-refractivity contribution in [3.05, 3.63) is 40.9 Å². The molecular formula is C15H12F3N5O4. The molecule has 142 valence electrons. The molecule has 12 heteroatoms. The minimum Gasteiger partial charge on any atom is -0.465 e. The SMILES string of the molecule is CCOC(=O)Cn1cnc2c(nnn2-c2ccc(OC(F)(F)F)cc2)c1=O. The topological polar surface area (TPSA) is 101 Å². The van der Waals surface area contributed by atoms with Gasteiger partial charge in [0.2, 0.25) is 0 Å². The number of alkyl halides is 3. The van der Waals surface area contributed by atoms with Crippen LogP contribution < -0.4 is 10.3 Å². The van der Waals surface area contributed by atoms with Crippen LogP contribution in [0.4, 0.5) is 13.2 Å². The van der Waals surface area contributed by atoms with Gasteiger partial charge in [-0.25, -0.2) is 4.98 Å². The van der Waals surface area contributed by atoms with E-state index < -0.39 is 23.6 Å². The van der Waals surface area contributed by atoms with Gasteiger partial charge in [-0.15, -0.1) is 18.3 Å². The van der Waals surface area contributed by atoms with E-state index in [4.69, 9.17) is 4.74 Å². The first kappa shape index (κ1) is 18.4. The van der Waals surface area contributed by atoms with Gasteiger partial charge in [0.05, 0.1) is 12.3 Å². The Morgan fingerprint density at radius 2 is 1.93 bits per heavy atom. The van der Waals surface area contributed by atoms with Crippen molar-refractivity contribution >= 4 is 17.1 Å². The summed E-state index contributed by atoms with van der Waals surface area (Å²) in [7, 11) is 0. The largest absolute Gasteiger partial charge is 0.573 e. The second-order valence-electron chi connectivity index (χ2n) is 5.20.